The highest BCUT2D eigenvalue weighted by Crippen LogP contribution is 2.30. The molecule has 0 spiro atoms. The summed E-state index contributed by atoms with van der Waals surface area (Å²) in [6.07, 6.45) is 5.66. The zero-order valence-corrected chi connectivity index (χ0v) is 10.9. The summed E-state index contributed by atoms with van der Waals surface area (Å²) < 4.78 is 2.11. The van der Waals surface area contributed by atoms with Crippen molar-refractivity contribution in [3.8, 4) is 6.07 Å². The first-order valence-electron chi connectivity index (χ1n) is 6.83. The molecule has 4 rings (SSSR count). The number of hydrogen-bond acceptors (Lipinski definition) is 4. The number of imidazole rings is 1. The fourth-order valence-corrected chi connectivity index (χ4v) is 3.09. The molecule has 0 aliphatic carbocycles. The standard InChI is InChI=1S/C14H14N6.2H2/c15-7-12-19-11-8-18-14-10(3-6-17-14)13(11)20(12)9-1-4-16-5-2-9;;/h3,6,8-9,16H,1-2,4-5H2,(H,17,18);2*1H. The first kappa shape index (κ1) is 11.4. The highest BCUT2D eigenvalue weighted by atomic mass is 15.1. The average Bonchev–Trinajstić information content (AvgIpc) is 3.11. The molecule has 1 aliphatic rings. The number of nitriles is 1. The molecule has 0 aromatic carbocycles. The van der Waals surface area contributed by atoms with Crippen molar-refractivity contribution in [2.75, 3.05) is 13.1 Å². The second-order valence-electron chi connectivity index (χ2n) is 5.13. The molecule has 3 aromatic rings. The van der Waals surface area contributed by atoms with Crippen LogP contribution in [0, 0.1) is 11.3 Å². The SMILES string of the molecule is N#Cc1nc2cnc3[nH]ccc3c2n1C1CCNCC1.[HH].[HH]. The largest absolute Gasteiger partial charge is 0.346 e. The zero-order chi connectivity index (χ0) is 13.5. The third-order valence-electron chi connectivity index (χ3n) is 4.01. The molecule has 0 unspecified atom stereocenters. The van der Waals surface area contributed by atoms with E-state index in [0.717, 1.165) is 48.0 Å². The maximum atomic E-state index is 9.40. The Kier molecular flexibility index (Phi) is 2.47. The van der Waals surface area contributed by atoms with Gasteiger partial charge in [0.2, 0.25) is 5.82 Å². The number of pyridine rings is 1. The smallest absolute Gasteiger partial charge is 0.214 e. The Morgan fingerprint density at radius 3 is 3.05 bits per heavy atom. The number of nitrogens with one attached hydrogen (secondary N) is 2. The van der Waals surface area contributed by atoms with Gasteiger partial charge in [0.1, 0.15) is 17.2 Å². The Morgan fingerprint density at radius 2 is 2.25 bits per heavy atom. The fraction of sp³-hybridized carbons (Fsp3) is 0.357. The van der Waals surface area contributed by atoms with Crippen molar-refractivity contribution >= 4 is 22.1 Å². The molecule has 0 amide bonds. The van der Waals surface area contributed by atoms with Crippen molar-refractivity contribution in [3.63, 3.8) is 0 Å². The van der Waals surface area contributed by atoms with Crippen LogP contribution in [0.1, 0.15) is 27.6 Å². The summed E-state index contributed by atoms with van der Waals surface area (Å²) in [4.78, 5) is 11.9. The van der Waals surface area contributed by atoms with Gasteiger partial charge in [0.05, 0.1) is 11.7 Å². The van der Waals surface area contributed by atoms with Gasteiger partial charge in [-0.1, -0.05) is 0 Å². The quantitative estimate of drug-likeness (QED) is 0.710. The molecular weight excluding hydrogens is 252 g/mol. The van der Waals surface area contributed by atoms with E-state index in [-0.39, 0.29) is 2.85 Å². The molecule has 3 aromatic heterocycles. The zero-order valence-electron chi connectivity index (χ0n) is 10.9. The number of rotatable bonds is 1. The van der Waals surface area contributed by atoms with E-state index in [9.17, 15) is 5.26 Å². The van der Waals surface area contributed by atoms with Gasteiger partial charge in [-0.25, -0.2) is 9.97 Å². The fourth-order valence-electron chi connectivity index (χ4n) is 3.09. The van der Waals surface area contributed by atoms with Crippen molar-refractivity contribution in [1.82, 2.24) is 24.8 Å². The summed E-state index contributed by atoms with van der Waals surface area (Å²) in [7, 11) is 0. The van der Waals surface area contributed by atoms with E-state index >= 15 is 0 Å². The first-order chi connectivity index (χ1) is 9.88. The average molecular weight is 270 g/mol. The second-order valence-corrected chi connectivity index (χ2v) is 5.13. The van der Waals surface area contributed by atoms with Gasteiger partial charge in [-0.3, -0.25) is 0 Å². The van der Waals surface area contributed by atoms with Gasteiger partial charge < -0.3 is 14.9 Å². The molecule has 0 bridgehead atoms. The second kappa shape index (κ2) is 4.32. The Hall–Kier alpha value is -2.39. The van der Waals surface area contributed by atoms with Crippen molar-refractivity contribution in [1.29, 1.82) is 5.26 Å². The number of aromatic nitrogens is 4. The van der Waals surface area contributed by atoms with Crippen LogP contribution in [0.25, 0.3) is 22.1 Å². The Balaban J connectivity index is 0.000000882. The van der Waals surface area contributed by atoms with Crippen LogP contribution in [0.2, 0.25) is 0 Å². The van der Waals surface area contributed by atoms with Gasteiger partial charge in [-0.2, -0.15) is 5.26 Å². The molecule has 2 N–H and O–H groups in total. The molecule has 1 saturated heterocycles. The van der Waals surface area contributed by atoms with Gasteiger partial charge in [-0.05, 0) is 32.0 Å². The van der Waals surface area contributed by atoms with Crippen LogP contribution < -0.4 is 5.32 Å². The third kappa shape index (κ3) is 1.53. The summed E-state index contributed by atoms with van der Waals surface area (Å²) in [5, 5.41) is 13.8. The molecule has 0 radical (unpaired) electrons. The number of nitrogens with zero attached hydrogens (tertiary/aromatic N) is 4. The van der Waals surface area contributed by atoms with E-state index < -0.39 is 0 Å². The van der Waals surface area contributed by atoms with Gasteiger partial charge in [0, 0.05) is 20.5 Å². The summed E-state index contributed by atoms with van der Waals surface area (Å²) in [6.45, 7) is 1.97. The molecule has 6 nitrogen and oxygen atoms in total. The van der Waals surface area contributed by atoms with Crippen LogP contribution in [0.3, 0.4) is 0 Å². The lowest BCUT2D eigenvalue weighted by molar-refractivity contribution is 0.373. The topological polar surface area (TPSA) is 82.3 Å². The van der Waals surface area contributed by atoms with Crippen molar-refractivity contribution in [2.24, 2.45) is 0 Å². The Bertz CT molecular complexity index is 825. The molecule has 1 fully saturated rings. The van der Waals surface area contributed by atoms with Gasteiger partial charge in [0.25, 0.3) is 0 Å². The van der Waals surface area contributed by atoms with Crippen LogP contribution in [0.5, 0.6) is 0 Å². The molecule has 0 atom stereocenters. The highest BCUT2D eigenvalue weighted by Gasteiger charge is 2.22. The lowest BCUT2D eigenvalue weighted by Gasteiger charge is -2.25. The van der Waals surface area contributed by atoms with E-state index in [0.29, 0.717) is 11.9 Å². The van der Waals surface area contributed by atoms with E-state index in [2.05, 4.69) is 30.9 Å². The number of hydrogen-bond donors (Lipinski definition) is 2. The van der Waals surface area contributed by atoms with E-state index in [1.165, 1.54) is 0 Å². The van der Waals surface area contributed by atoms with E-state index in [1.54, 1.807) is 6.20 Å². The van der Waals surface area contributed by atoms with Crippen molar-refractivity contribution in [3.05, 3.63) is 24.3 Å². The van der Waals surface area contributed by atoms with Gasteiger partial charge in [-0.15, -0.1) is 0 Å². The first-order valence-corrected chi connectivity index (χ1v) is 6.83. The van der Waals surface area contributed by atoms with Crippen LogP contribution in [-0.2, 0) is 0 Å². The summed E-state index contributed by atoms with van der Waals surface area (Å²) in [5.41, 5.74) is 2.67. The Morgan fingerprint density at radius 1 is 1.40 bits per heavy atom. The molecular formula is C14H18N6. The molecule has 1 aliphatic heterocycles. The minimum atomic E-state index is 0. The normalized spacial score (nSPS) is 16.8. The van der Waals surface area contributed by atoms with Crippen LogP contribution in [0.15, 0.2) is 18.5 Å². The predicted octanol–water partition coefficient (Wildman–Crippen LogP) is 2.20. The molecule has 20 heavy (non-hydrogen) atoms. The number of aromatic amines is 1. The number of H-pyrrole nitrogens is 1. The monoisotopic (exact) mass is 270 g/mol. The summed E-state index contributed by atoms with van der Waals surface area (Å²) in [6, 6.07) is 4.57. The molecule has 0 saturated carbocycles. The predicted molar refractivity (Wildman–Crippen MR) is 79.5 cm³/mol. The number of piperidine rings is 1. The maximum Gasteiger partial charge on any atom is 0.214 e. The molecule has 6 heteroatoms. The van der Waals surface area contributed by atoms with Crippen LogP contribution in [0.4, 0.5) is 0 Å². The summed E-state index contributed by atoms with van der Waals surface area (Å²) >= 11 is 0. The van der Waals surface area contributed by atoms with Crippen molar-refractivity contribution in [2.45, 2.75) is 18.9 Å². The van der Waals surface area contributed by atoms with Gasteiger partial charge in [0.15, 0.2) is 0 Å². The lowest BCUT2D eigenvalue weighted by Crippen LogP contribution is -2.29. The summed E-state index contributed by atoms with van der Waals surface area (Å²) in [5.74, 6) is 0.488. The minimum Gasteiger partial charge on any atom is -0.346 e. The van der Waals surface area contributed by atoms with Gasteiger partial charge >= 0.3 is 0 Å². The molecule has 104 valence electrons. The van der Waals surface area contributed by atoms with E-state index in [4.69, 9.17) is 0 Å². The lowest BCUT2D eigenvalue weighted by atomic mass is 10.1. The number of fused-ring (bicyclic) bond motifs is 3. The van der Waals surface area contributed by atoms with E-state index in [1.807, 2.05) is 12.3 Å². The van der Waals surface area contributed by atoms with Crippen LogP contribution >= 0.6 is 0 Å². The minimum absolute atomic E-state index is 0. The Labute approximate surface area is 118 Å². The van der Waals surface area contributed by atoms with Crippen LogP contribution in [-0.4, -0.2) is 32.6 Å². The third-order valence-corrected chi connectivity index (χ3v) is 4.01. The van der Waals surface area contributed by atoms with Crippen molar-refractivity contribution < 1.29 is 2.85 Å². The maximum absolute atomic E-state index is 9.40. The molecule has 4 heterocycles. The highest BCUT2D eigenvalue weighted by molar-refractivity contribution is 6.01.